The number of carboxylic acid groups (broad SMARTS) is 1. The van der Waals surface area contributed by atoms with Crippen LogP contribution in [-0.4, -0.2) is 28.6 Å². The van der Waals surface area contributed by atoms with E-state index in [2.05, 4.69) is 10.3 Å². The summed E-state index contributed by atoms with van der Waals surface area (Å²) in [7, 11) is 0. The van der Waals surface area contributed by atoms with Gasteiger partial charge in [0, 0.05) is 0 Å². The molecule has 0 aliphatic rings. The number of nitrogens with one attached hydrogen (secondary N) is 1. The number of rotatable bonds is 6. The fraction of sp³-hybridized carbons (Fsp3) is 0.389. The number of amides is 1. The van der Waals surface area contributed by atoms with E-state index in [0.29, 0.717) is 16.5 Å². The van der Waals surface area contributed by atoms with Crippen LogP contribution >= 0.6 is 11.3 Å². The van der Waals surface area contributed by atoms with E-state index in [4.69, 9.17) is 9.84 Å². The third-order valence-electron chi connectivity index (χ3n) is 3.71. The Morgan fingerprint density at radius 1 is 1.24 bits per heavy atom. The van der Waals surface area contributed by atoms with Crippen LogP contribution in [0.3, 0.4) is 0 Å². The summed E-state index contributed by atoms with van der Waals surface area (Å²) in [6.07, 6.45) is 0. The summed E-state index contributed by atoms with van der Waals surface area (Å²) in [5.74, 6) is -0.573. The normalized spacial score (nSPS) is 11.9. The quantitative estimate of drug-likeness (QED) is 0.823. The van der Waals surface area contributed by atoms with E-state index in [1.807, 2.05) is 32.9 Å². The molecule has 0 saturated carbocycles. The summed E-state index contributed by atoms with van der Waals surface area (Å²) in [4.78, 5) is 27.6. The Bertz CT molecular complexity index is 790. The summed E-state index contributed by atoms with van der Waals surface area (Å²) in [6, 6.07) is 3.64. The van der Waals surface area contributed by atoms with Crippen LogP contribution < -0.4 is 10.1 Å². The summed E-state index contributed by atoms with van der Waals surface area (Å²) in [5, 5.41) is 12.4. The van der Waals surface area contributed by atoms with E-state index in [-0.39, 0.29) is 23.4 Å². The van der Waals surface area contributed by atoms with Crippen LogP contribution in [0.25, 0.3) is 0 Å². The number of carbonyl (C=O) groups excluding carboxylic acids is 1. The van der Waals surface area contributed by atoms with Gasteiger partial charge in [-0.15, -0.1) is 11.3 Å². The van der Waals surface area contributed by atoms with Crippen LogP contribution in [0.2, 0.25) is 0 Å². The van der Waals surface area contributed by atoms with Crippen molar-refractivity contribution in [1.29, 1.82) is 0 Å². The zero-order chi connectivity index (χ0) is 18.7. The smallest absolute Gasteiger partial charge is 0.347 e. The van der Waals surface area contributed by atoms with Gasteiger partial charge in [-0.25, -0.2) is 9.78 Å². The van der Waals surface area contributed by atoms with Crippen LogP contribution in [0.1, 0.15) is 50.0 Å². The molecule has 1 heterocycles. The molecule has 2 aromatic rings. The predicted molar refractivity (Wildman–Crippen MR) is 96.5 cm³/mol. The SMILES string of the molecule is Cc1cc(C)c(OCC(=O)NC(C)c2nc(C)c(C(=O)O)s2)c(C)c1. The molecule has 0 aliphatic carbocycles. The number of benzene rings is 1. The third kappa shape index (κ3) is 4.57. The molecule has 134 valence electrons. The Morgan fingerprint density at radius 2 is 1.84 bits per heavy atom. The van der Waals surface area contributed by atoms with Gasteiger partial charge in [0.25, 0.3) is 5.91 Å². The number of aromatic nitrogens is 1. The number of hydrogen-bond acceptors (Lipinski definition) is 5. The lowest BCUT2D eigenvalue weighted by Crippen LogP contribution is -2.31. The molecule has 0 saturated heterocycles. The number of carbonyl (C=O) groups is 2. The number of carboxylic acids is 1. The van der Waals surface area contributed by atoms with E-state index in [0.717, 1.165) is 28.0 Å². The molecular formula is C18H22N2O4S. The highest BCUT2D eigenvalue weighted by Crippen LogP contribution is 2.25. The van der Waals surface area contributed by atoms with Crippen molar-refractivity contribution in [3.05, 3.63) is 44.4 Å². The lowest BCUT2D eigenvalue weighted by atomic mass is 10.1. The number of thiazole rings is 1. The molecule has 0 radical (unpaired) electrons. The number of aromatic carboxylic acids is 1. The molecule has 0 aliphatic heterocycles. The fourth-order valence-corrected chi connectivity index (χ4v) is 3.59. The zero-order valence-corrected chi connectivity index (χ0v) is 15.8. The predicted octanol–water partition coefficient (Wildman–Crippen LogP) is 3.33. The van der Waals surface area contributed by atoms with E-state index in [1.165, 1.54) is 0 Å². The second-order valence-corrected chi connectivity index (χ2v) is 7.11. The molecule has 1 atom stereocenters. The minimum atomic E-state index is -1.01. The maximum absolute atomic E-state index is 12.1. The van der Waals surface area contributed by atoms with Gasteiger partial charge >= 0.3 is 5.97 Å². The van der Waals surface area contributed by atoms with E-state index in [1.54, 1.807) is 13.8 Å². The van der Waals surface area contributed by atoms with Crippen molar-refractivity contribution in [3.8, 4) is 5.75 Å². The Labute approximate surface area is 150 Å². The lowest BCUT2D eigenvalue weighted by molar-refractivity contribution is -0.123. The monoisotopic (exact) mass is 362 g/mol. The molecule has 1 amide bonds. The first-order valence-corrected chi connectivity index (χ1v) is 8.71. The highest BCUT2D eigenvalue weighted by atomic mass is 32.1. The number of hydrogen-bond donors (Lipinski definition) is 2. The van der Waals surface area contributed by atoms with Crippen molar-refractivity contribution in [2.75, 3.05) is 6.61 Å². The molecule has 1 aromatic carbocycles. The molecule has 0 spiro atoms. The van der Waals surface area contributed by atoms with Gasteiger partial charge in [0.05, 0.1) is 11.7 Å². The molecule has 1 unspecified atom stereocenters. The summed E-state index contributed by atoms with van der Waals surface area (Å²) >= 11 is 1.07. The van der Waals surface area contributed by atoms with Crippen LogP contribution in [0, 0.1) is 27.7 Å². The molecule has 0 bridgehead atoms. The topological polar surface area (TPSA) is 88.5 Å². The molecule has 6 nitrogen and oxygen atoms in total. The van der Waals surface area contributed by atoms with E-state index >= 15 is 0 Å². The van der Waals surface area contributed by atoms with Gasteiger partial charge in [0.15, 0.2) is 6.61 Å². The average molecular weight is 362 g/mol. The molecule has 2 rings (SSSR count). The lowest BCUT2D eigenvalue weighted by Gasteiger charge is -2.15. The molecular weight excluding hydrogens is 340 g/mol. The van der Waals surface area contributed by atoms with E-state index < -0.39 is 5.97 Å². The first-order chi connectivity index (χ1) is 11.7. The summed E-state index contributed by atoms with van der Waals surface area (Å²) < 4.78 is 5.67. The minimum absolute atomic E-state index is 0.106. The molecule has 1 aromatic heterocycles. The van der Waals surface area contributed by atoms with Crippen molar-refractivity contribution in [2.24, 2.45) is 0 Å². The maximum Gasteiger partial charge on any atom is 0.347 e. The van der Waals surface area contributed by atoms with Crippen LogP contribution in [0.4, 0.5) is 0 Å². The van der Waals surface area contributed by atoms with Crippen molar-refractivity contribution >= 4 is 23.2 Å². The van der Waals surface area contributed by atoms with Crippen molar-refractivity contribution < 1.29 is 19.4 Å². The van der Waals surface area contributed by atoms with Crippen LogP contribution in [0.15, 0.2) is 12.1 Å². The van der Waals surface area contributed by atoms with Crippen molar-refractivity contribution in [3.63, 3.8) is 0 Å². The zero-order valence-electron chi connectivity index (χ0n) is 15.0. The van der Waals surface area contributed by atoms with Gasteiger partial charge in [-0.1, -0.05) is 17.7 Å². The Balaban J connectivity index is 1.98. The highest BCUT2D eigenvalue weighted by Gasteiger charge is 2.19. The van der Waals surface area contributed by atoms with Gasteiger partial charge in [0.1, 0.15) is 15.6 Å². The Kier molecular flexibility index (Phi) is 5.79. The fourth-order valence-electron chi connectivity index (χ4n) is 2.68. The number of aryl methyl sites for hydroxylation is 4. The van der Waals surface area contributed by atoms with Gasteiger partial charge in [-0.3, -0.25) is 4.79 Å². The number of ether oxygens (including phenoxy) is 1. The van der Waals surface area contributed by atoms with Gasteiger partial charge in [0.2, 0.25) is 0 Å². The summed E-state index contributed by atoms with van der Waals surface area (Å²) in [5.41, 5.74) is 3.57. The Hall–Kier alpha value is -2.41. The molecule has 2 N–H and O–H groups in total. The first-order valence-electron chi connectivity index (χ1n) is 7.89. The summed E-state index contributed by atoms with van der Waals surface area (Å²) in [6.45, 7) is 9.21. The third-order valence-corrected chi connectivity index (χ3v) is 5.04. The van der Waals surface area contributed by atoms with Crippen molar-refractivity contribution in [1.82, 2.24) is 10.3 Å². The molecule has 0 fully saturated rings. The molecule has 7 heteroatoms. The second-order valence-electron chi connectivity index (χ2n) is 6.08. The largest absolute Gasteiger partial charge is 0.483 e. The van der Waals surface area contributed by atoms with Crippen molar-refractivity contribution in [2.45, 2.75) is 40.7 Å². The van der Waals surface area contributed by atoms with Gasteiger partial charge in [-0.05, 0) is 45.7 Å². The Morgan fingerprint density at radius 3 is 2.36 bits per heavy atom. The van der Waals surface area contributed by atoms with Crippen LogP contribution in [-0.2, 0) is 4.79 Å². The van der Waals surface area contributed by atoms with Crippen LogP contribution in [0.5, 0.6) is 5.75 Å². The molecule has 25 heavy (non-hydrogen) atoms. The average Bonchev–Trinajstić information content (AvgIpc) is 2.88. The second kappa shape index (κ2) is 7.65. The van der Waals surface area contributed by atoms with Gasteiger partial charge < -0.3 is 15.2 Å². The minimum Gasteiger partial charge on any atom is -0.483 e. The number of nitrogens with zero attached hydrogens (tertiary/aromatic N) is 1. The van der Waals surface area contributed by atoms with Gasteiger partial charge in [-0.2, -0.15) is 0 Å². The van der Waals surface area contributed by atoms with E-state index in [9.17, 15) is 9.59 Å². The highest BCUT2D eigenvalue weighted by molar-refractivity contribution is 7.13. The standard InChI is InChI=1S/C18H22N2O4S/c1-9-6-10(2)15(11(3)7-9)24-8-14(21)19-13(5)17-20-12(4)16(25-17)18(22)23/h6-7,13H,8H2,1-5H3,(H,19,21)(H,22,23). The first kappa shape index (κ1) is 18.9. The maximum atomic E-state index is 12.1.